The lowest BCUT2D eigenvalue weighted by atomic mass is 10.1. The number of carbonyl (C=O) groups excluding carboxylic acids is 2. The number of aromatic nitrogens is 1. The Morgan fingerprint density at radius 1 is 1.32 bits per heavy atom. The molecule has 0 spiro atoms. The summed E-state index contributed by atoms with van der Waals surface area (Å²) in [6, 6.07) is 4.15. The van der Waals surface area contributed by atoms with Gasteiger partial charge in [0.25, 0.3) is 5.91 Å². The number of anilines is 1. The summed E-state index contributed by atoms with van der Waals surface area (Å²) in [5.41, 5.74) is -1.05. The number of halogens is 3. The summed E-state index contributed by atoms with van der Waals surface area (Å²) in [7, 11) is 0. The Balaban J connectivity index is 2.12. The predicted molar refractivity (Wildman–Crippen MR) is 99.2 cm³/mol. The number of benzene rings is 1. The molecule has 0 radical (unpaired) electrons. The standard InChI is InChI=1S/C18H20F3N3O3S/c1-2-27-9-4-8-24(12-15(25)23-17-22-7-10-28-17)16(26)13-5-3-6-14(11-13)18(19,20)21/h3,5-7,10-11H,2,4,8-9,12H2,1H3,(H,22,23,25). The number of rotatable bonds is 9. The zero-order valence-corrected chi connectivity index (χ0v) is 16.0. The minimum Gasteiger partial charge on any atom is -0.382 e. The van der Waals surface area contributed by atoms with Gasteiger partial charge in [-0.15, -0.1) is 11.3 Å². The number of alkyl halides is 3. The fourth-order valence-electron chi connectivity index (χ4n) is 2.38. The lowest BCUT2D eigenvalue weighted by Gasteiger charge is -2.22. The lowest BCUT2D eigenvalue weighted by molar-refractivity contribution is -0.137. The Morgan fingerprint density at radius 2 is 2.11 bits per heavy atom. The van der Waals surface area contributed by atoms with Crippen LogP contribution in [0.5, 0.6) is 0 Å². The third-order valence-corrected chi connectivity index (χ3v) is 4.35. The molecule has 2 aromatic rings. The van der Waals surface area contributed by atoms with E-state index in [9.17, 15) is 22.8 Å². The number of nitrogens with zero attached hydrogens (tertiary/aromatic N) is 2. The molecule has 10 heteroatoms. The summed E-state index contributed by atoms with van der Waals surface area (Å²) >= 11 is 1.22. The van der Waals surface area contributed by atoms with Crippen LogP contribution in [0.25, 0.3) is 0 Å². The zero-order chi connectivity index (χ0) is 20.6. The van der Waals surface area contributed by atoms with Gasteiger partial charge in [0.1, 0.15) is 6.54 Å². The summed E-state index contributed by atoms with van der Waals surface area (Å²) in [5.74, 6) is -1.14. The molecular weight excluding hydrogens is 395 g/mol. The van der Waals surface area contributed by atoms with E-state index in [1.54, 1.807) is 5.38 Å². The van der Waals surface area contributed by atoms with E-state index in [1.165, 1.54) is 34.6 Å². The van der Waals surface area contributed by atoms with E-state index in [0.717, 1.165) is 12.1 Å². The second kappa shape index (κ2) is 10.2. The fraction of sp³-hybridized carbons (Fsp3) is 0.389. The first-order valence-corrected chi connectivity index (χ1v) is 9.43. The zero-order valence-electron chi connectivity index (χ0n) is 15.2. The van der Waals surface area contributed by atoms with Gasteiger partial charge in [0.15, 0.2) is 5.13 Å². The minimum absolute atomic E-state index is 0.131. The number of hydrogen-bond acceptors (Lipinski definition) is 5. The number of thiazole rings is 1. The molecule has 6 nitrogen and oxygen atoms in total. The quantitative estimate of drug-likeness (QED) is 0.635. The molecule has 0 saturated carbocycles. The van der Waals surface area contributed by atoms with Crippen molar-refractivity contribution in [1.82, 2.24) is 9.88 Å². The van der Waals surface area contributed by atoms with Gasteiger partial charge in [-0.2, -0.15) is 13.2 Å². The van der Waals surface area contributed by atoms with Crippen molar-refractivity contribution in [3.05, 3.63) is 47.0 Å². The van der Waals surface area contributed by atoms with Crippen LogP contribution in [0.4, 0.5) is 18.3 Å². The summed E-state index contributed by atoms with van der Waals surface area (Å²) in [6.07, 6.45) is -2.59. The highest BCUT2D eigenvalue weighted by Gasteiger charge is 2.31. The van der Waals surface area contributed by atoms with Crippen molar-refractivity contribution in [2.45, 2.75) is 19.5 Å². The maximum Gasteiger partial charge on any atom is 0.416 e. The number of amides is 2. The van der Waals surface area contributed by atoms with Crippen LogP contribution in [-0.4, -0.2) is 48.0 Å². The van der Waals surface area contributed by atoms with Crippen molar-refractivity contribution in [1.29, 1.82) is 0 Å². The molecule has 0 aliphatic rings. The van der Waals surface area contributed by atoms with Gasteiger partial charge in [-0.1, -0.05) is 6.07 Å². The van der Waals surface area contributed by atoms with Crippen molar-refractivity contribution in [2.24, 2.45) is 0 Å². The molecule has 152 valence electrons. The monoisotopic (exact) mass is 415 g/mol. The summed E-state index contributed by atoms with van der Waals surface area (Å²) in [6.45, 7) is 2.57. The average molecular weight is 415 g/mol. The van der Waals surface area contributed by atoms with E-state index in [2.05, 4.69) is 10.3 Å². The molecule has 2 rings (SSSR count). The van der Waals surface area contributed by atoms with Crippen LogP contribution < -0.4 is 5.32 Å². The molecule has 0 aliphatic carbocycles. The number of carbonyl (C=O) groups is 2. The van der Waals surface area contributed by atoms with Crippen LogP contribution in [-0.2, 0) is 15.7 Å². The normalized spacial score (nSPS) is 11.3. The molecular formula is C18H20F3N3O3S. The topological polar surface area (TPSA) is 71.5 Å². The van der Waals surface area contributed by atoms with Gasteiger partial charge in [-0.3, -0.25) is 9.59 Å². The van der Waals surface area contributed by atoms with Crippen LogP contribution in [0.2, 0.25) is 0 Å². The number of hydrogen-bond donors (Lipinski definition) is 1. The second-order valence-electron chi connectivity index (χ2n) is 5.74. The highest BCUT2D eigenvalue weighted by Crippen LogP contribution is 2.29. The van der Waals surface area contributed by atoms with Gasteiger partial charge < -0.3 is 15.0 Å². The molecule has 1 aromatic heterocycles. The van der Waals surface area contributed by atoms with Crippen molar-refractivity contribution in [2.75, 3.05) is 31.6 Å². The SMILES string of the molecule is CCOCCCN(CC(=O)Nc1nccs1)C(=O)c1cccc(C(F)(F)F)c1. The predicted octanol–water partition coefficient (Wildman–Crippen LogP) is 3.67. The lowest BCUT2D eigenvalue weighted by Crippen LogP contribution is -2.39. The first kappa shape index (κ1) is 21.8. The summed E-state index contributed by atoms with van der Waals surface area (Å²) in [4.78, 5) is 30.1. The van der Waals surface area contributed by atoms with Gasteiger partial charge >= 0.3 is 6.18 Å². The molecule has 0 unspecified atom stereocenters. The van der Waals surface area contributed by atoms with Crippen molar-refractivity contribution >= 4 is 28.3 Å². The first-order valence-electron chi connectivity index (χ1n) is 8.55. The molecule has 0 atom stereocenters. The fourth-order valence-corrected chi connectivity index (χ4v) is 2.93. The minimum atomic E-state index is -4.56. The number of nitrogens with one attached hydrogen (secondary N) is 1. The van der Waals surface area contributed by atoms with E-state index in [4.69, 9.17) is 4.74 Å². The molecule has 0 bridgehead atoms. The molecule has 28 heavy (non-hydrogen) atoms. The van der Waals surface area contributed by atoms with Crippen LogP contribution in [0.15, 0.2) is 35.8 Å². The van der Waals surface area contributed by atoms with Crippen LogP contribution >= 0.6 is 11.3 Å². The summed E-state index contributed by atoms with van der Waals surface area (Å²) in [5, 5.41) is 4.62. The molecule has 1 N–H and O–H groups in total. The maximum atomic E-state index is 12.9. The van der Waals surface area contributed by atoms with Crippen LogP contribution in [0.3, 0.4) is 0 Å². The highest BCUT2D eigenvalue weighted by molar-refractivity contribution is 7.13. The molecule has 0 saturated heterocycles. The van der Waals surface area contributed by atoms with E-state index < -0.39 is 23.6 Å². The van der Waals surface area contributed by atoms with Crippen molar-refractivity contribution in [3.63, 3.8) is 0 Å². The summed E-state index contributed by atoms with van der Waals surface area (Å²) < 4.78 is 44.0. The van der Waals surface area contributed by atoms with E-state index in [-0.39, 0.29) is 18.7 Å². The molecule has 2 amide bonds. The van der Waals surface area contributed by atoms with Gasteiger partial charge in [-0.25, -0.2) is 4.98 Å². The average Bonchev–Trinajstić information content (AvgIpc) is 3.16. The molecule has 1 aromatic carbocycles. The Labute approximate surface area is 164 Å². The third kappa shape index (κ3) is 6.61. The Hall–Kier alpha value is -2.46. The smallest absolute Gasteiger partial charge is 0.382 e. The Morgan fingerprint density at radius 3 is 2.75 bits per heavy atom. The first-order chi connectivity index (χ1) is 13.3. The van der Waals surface area contributed by atoms with Crippen LogP contribution in [0, 0.1) is 0 Å². The maximum absolute atomic E-state index is 12.9. The Bertz CT molecular complexity index is 782. The van der Waals surface area contributed by atoms with Gasteiger partial charge in [0.2, 0.25) is 5.91 Å². The van der Waals surface area contributed by atoms with Crippen LogP contribution in [0.1, 0.15) is 29.3 Å². The van der Waals surface area contributed by atoms with Crippen molar-refractivity contribution in [3.8, 4) is 0 Å². The van der Waals surface area contributed by atoms with E-state index >= 15 is 0 Å². The molecule has 0 fully saturated rings. The second-order valence-corrected chi connectivity index (χ2v) is 6.64. The number of ether oxygens (including phenoxy) is 1. The molecule has 0 aliphatic heterocycles. The third-order valence-electron chi connectivity index (χ3n) is 3.66. The van der Waals surface area contributed by atoms with Crippen molar-refractivity contribution < 1.29 is 27.5 Å². The van der Waals surface area contributed by atoms with E-state index in [1.807, 2.05) is 6.92 Å². The van der Waals surface area contributed by atoms with Gasteiger partial charge in [0.05, 0.1) is 5.56 Å². The van der Waals surface area contributed by atoms with Gasteiger partial charge in [0, 0.05) is 36.9 Å². The van der Waals surface area contributed by atoms with Gasteiger partial charge in [-0.05, 0) is 31.5 Å². The van der Waals surface area contributed by atoms with E-state index in [0.29, 0.717) is 24.8 Å². The molecule has 1 heterocycles. The highest BCUT2D eigenvalue weighted by atomic mass is 32.1. The Kier molecular flexibility index (Phi) is 7.94. The largest absolute Gasteiger partial charge is 0.416 e.